The molecule has 184 valence electrons. The van der Waals surface area contributed by atoms with Crippen LogP contribution in [0.3, 0.4) is 0 Å². The topological polar surface area (TPSA) is 75.6 Å². The van der Waals surface area contributed by atoms with Gasteiger partial charge in [-0.05, 0) is 35.6 Å². The molecule has 5 heteroatoms. The molecule has 1 aliphatic carbocycles. The number of ether oxygens (including phenoxy) is 1. The van der Waals surface area contributed by atoms with Gasteiger partial charge in [0.25, 0.3) is 0 Å². The summed E-state index contributed by atoms with van der Waals surface area (Å²) in [6.07, 6.45) is 11.4. The quantitative estimate of drug-likeness (QED) is 0.229. The van der Waals surface area contributed by atoms with Crippen molar-refractivity contribution in [1.29, 1.82) is 0 Å². The van der Waals surface area contributed by atoms with Crippen LogP contribution >= 0.6 is 0 Å². The van der Waals surface area contributed by atoms with Crippen molar-refractivity contribution in [3.8, 4) is 5.75 Å². The van der Waals surface area contributed by atoms with Gasteiger partial charge in [-0.15, -0.1) is 0 Å². The van der Waals surface area contributed by atoms with E-state index in [0.717, 1.165) is 24.0 Å². The molecule has 0 bridgehead atoms. The number of aliphatic hydroxyl groups excluding tert-OH is 1. The summed E-state index contributed by atoms with van der Waals surface area (Å²) >= 11 is 0. The van der Waals surface area contributed by atoms with E-state index in [0.29, 0.717) is 12.2 Å². The number of carbonyl (C=O) groups excluding carboxylic acids is 2. The van der Waals surface area contributed by atoms with E-state index < -0.39 is 0 Å². The lowest BCUT2D eigenvalue weighted by Gasteiger charge is -2.35. The van der Waals surface area contributed by atoms with Crippen LogP contribution in [-0.2, 0) is 15.0 Å². The van der Waals surface area contributed by atoms with Crippen molar-refractivity contribution in [3.05, 3.63) is 29.3 Å². The number of rotatable bonds is 13. The molecule has 1 heterocycles. The molecule has 1 saturated heterocycles. The van der Waals surface area contributed by atoms with Gasteiger partial charge < -0.3 is 15.2 Å². The lowest BCUT2D eigenvalue weighted by molar-refractivity contribution is -0.134. The maximum absolute atomic E-state index is 12.8. The fourth-order valence-electron chi connectivity index (χ4n) is 5.91. The molecule has 0 saturated carbocycles. The largest absolute Gasteiger partial charge is 0.427 e. The van der Waals surface area contributed by atoms with Crippen LogP contribution in [-0.4, -0.2) is 29.6 Å². The fraction of sp³-hybridized carbons (Fsp3) is 0.714. The minimum atomic E-state index is -0.368. The van der Waals surface area contributed by atoms with Gasteiger partial charge in [0.15, 0.2) is 0 Å². The Bertz CT molecular complexity index is 820. The van der Waals surface area contributed by atoms with Crippen molar-refractivity contribution < 1.29 is 19.4 Å². The second-order valence-electron chi connectivity index (χ2n) is 10.5. The molecule has 2 aliphatic rings. The van der Waals surface area contributed by atoms with Crippen LogP contribution in [0.5, 0.6) is 5.75 Å². The molecule has 33 heavy (non-hydrogen) atoms. The summed E-state index contributed by atoms with van der Waals surface area (Å²) < 4.78 is 5.70. The SMILES string of the molecule is CCCCCCCCCCCC(=O)Oc1ccc2c(c1)[C@](C)(C(C)C)C1C(=O)N[C@H](CO)C21. The van der Waals surface area contributed by atoms with E-state index in [1.165, 1.54) is 44.9 Å². The maximum atomic E-state index is 12.8. The monoisotopic (exact) mass is 457 g/mol. The smallest absolute Gasteiger partial charge is 0.311 e. The van der Waals surface area contributed by atoms with Crippen LogP contribution in [0.25, 0.3) is 0 Å². The van der Waals surface area contributed by atoms with Gasteiger partial charge in [0.2, 0.25) is 5.91 Å². The van der Waals surface area contributed by atoms with E-state index in [2.05, 4.69) is 33.0 Å². The predicted molar refractivity (Wildman–Crippen MR) is 131 cm³/mol. The Hall–Kier alpha value is -1.88. The van der Waals surface area contributed by atoms with Crippen LogP contribution in [0.15, 0.2) is 18.2 Å². The van der Waals surface area contributed by atoms with Gasteiger partial charge in [0.1, 0.15) is 5.75 Å². The third-order valence-electron chi connectivity index (χ3n) is 8.13. The Morgan fingerprint density at radius 2 is 1.73 bits per heavy atom. The molecular formula is C28H43NO4. The summed E-state index contributed by atoms with van der Waals surface area (Å²) in [6, 6.07) is 5.53. The average Bonchev–Trinajstić information content (AvgIpc) is 3.26. The fourth-order valence-corrected chi connectivity index (χ4v) is 5.91. The number of carbonyl (C=O) groups is 2. The van der Waals surface area contributed by atoms with Crippen molar-refractivity contribution >= 4 is 11.9 Å². The minimum Gasteiger partial charge on any atom is -0.427 e. The molecule has 0 radical (unpaired) electrons. The van der Waals surface area contributed by atoms with Gasteiger partial charge in [0, 0.05) is 17.8 Å². The number of amides is 1. The van der Waals surface area contributed by atoms with Crippen LogP contribution in [0, 0.1) is 11.8 Å². The molecule has 3 rings (SSSR count). The summed E-state index contributed by atoms with van der Waals surface area (Å²) in [5, 5.41) is 12.8. The van der Waals surface area contributed by atoms with E-state index in [-0.39, 0.29) is 47.7 Å². The van der Waals surface area contributed by atoms with Gasteiger partial charge in [-0.25, -0.2) is 0 Å². The zero-order chi connectivity index (χ0) is 24.0. The highest BCUT2D eigenvalue weighted by atomic mass is 16.5. The third kappa shape index (κ3) is 5.45. The average molecular weight is 458 g/mol. The Balaban J connectivity index is 1.57. The zero-order valence-corrected chi connectivity index (χ0v) is 21.0. The lowest BCUT2D eigenvalue weighted by Crippen LogP contribution is -2.39. The molecular weight excluding hydrogens is 414 g/mol. The Morgan fingerprint density at radius 1 is 1.09 bits per heavy atom. The van der Waals surface area contributed by atoms with Gasteiger partial charge >= 0.3 is 5.97 Å². The van der Waals surface area contributed by atoms with Crippen molar-refractivity contribution in [3.63, 3.8) is 0 Å². The number of aliphatic hydroxyl groups is 1. The van der Waals surface area contributed by atoms with Crippen molar-refractivity contribution in [2.75, 3.05) is 6.61 Å². The van der Waals surface area contributed by atoms with Crippen LogP contribution in [0.1, 0.15) is 109 Å². The number of hydrogen-bond donors (Lipinski definition) is 2. The molecule has 1 aromatic rings. The molecule has 2 N–H and O–H groups in total. The summed E-state index contributed by atoms with van der Waals surface area (Å²) in [6.45, 7) is 8.56. The molecule has 0 spiro atoms. The number of hydrogen-bond acceptors (Lipinski definition) is 4. The normalized spacial score (nSPS) is 25.8. The van der Waals surface area contributed by atoms with E-state index in [1.54, 1.807) is 0 Å². The number of unbranched alkanes of at least 4 members (excludes halogenated alkanes) is 8. The molecule has 2 unspecified atom stereocenters. The third-order valence-corrected chi connectivity index (χ3v) is 8.13. The standard InChI is InChI=1S/C28H43NO4/c1-5-6-7-8-9-10-11-12-13-14-24(31)33-20-15-16-21-22(17-20)28(4,19(2)3)26-25(21)23(18-30)29-27(26)32/h15-17,19,23,25-26,30H,5-14,18H2,1-4H3,(H,29,32)/t23-,25?,26?,28+/m1/s1. The second-order valence-corrected chi connectivity index (χ2v) is 10.5. The van der Waals surface area contributed by atoms with Crippen molar-refractivity contribution in [2.45, 2.75) is 109 Å². The highest BCUT2D eigenvalue weighted by molar-refractivity contribution is 5.87. The van der Waals surface area contributed by atoms with E-state index >= 15 is 0 Å². The molecule has 1 aromatic carbocycles. The van der Waals surface area contributed by atoms with E-state index in [1.807, 2.05) is 18.2 Å². The molecule has 1 fully saturated rings. The molecule has 5 nitrogen and oxygen atoms in total. The van der Waals surface area contributed by atoms with Crippen LogP contribution in [0.4, 0.5) is 0 Å². The molecule has 4 atom stereocenters. The second kappa shape index (κ2) is 11.5. The highest BCUT2D eigenvalue weighted by Crippen LogP contribution is 2.58. The lowest BCUT2D eigenvalue weighted by atomic mass is 9.67. The number of fused-ring (bicyclic) bond motifs is 3. The van der Waals surface area contributed by atoms with E-state index in [9.17, 15) is 14.7 Å². The molecule has 1 amide bonds. The Morgan fingerprint density at radius 3 is 2.33 bits per heavy atom. The molecule has 1 aliphatic heterocycles. The van der Waals surface area contributed by atoms with Crippen LogP contribution in [0.2, 0.25) is 0 Å². The van der Waals surface area contributed by atoms with Crippen molar-refractivity contribution in [1.82, 2.24) is 5.32 Å². The first kappa shape index (κ1) is 25.7. The van der Waals surface area contributed by atoms with Gasteiger partial charge in [-0.3, -0.25) is 9.59 Å². The first-order valence-electron chi connectivity index (χ1n) is 13.1. The zero-order valence-electron chi connectivity index (χ0n) is 21.0. The Labute approximate surface area is 199 Å². The summed E-state index contributed by atoms with van der Waals surface area (Å²) in [5.74, 6) is 0.350. The predicted octanol–water partition coefficient (Wildman–Crippen LogP) is 5.63. The summed E-state index contributed by atoms with van der Waals surface area (Å²) in [4.78, 5) is 25.3. The van der Waals surface area contributed by atoms with E-state index in [4.69, 9.17) is 4.74 Å². The number of esters is 1. The minimum absolute atomic E-state index is 0.00959. The molecule has 0 aromatic heterocycles. The highest BCUT2D eigenvalue weighted by Gasteiger charge is 2.59. The van der Waals surface area contributed by atoms with Gasteiger partial charge in [-0.2, -0.15) is 0 Å². The van der Waals surface area contributed by atoms with Gasteiger partial charge in [-0.1, -0.05) is 85.1 Å². The number of benzene rings is 1. The maximum Gasteiger partial charge on any atom is 0.311 e. The van der Waals surface area contributed by atoms with Gasteiger partial charge in [0.05, 0.1) is 18.6 Å². The summed E-state index contributed by atoms with van der Waals surface area (Å²) in [5.41, 5.74) is 1.80. The number of nitrogens with one attached hydrogen (secondary N) is 1. The van der Waals surface area contributed by atoms with Crippen molar-refractivity contribution in [2.24, 2.45) is 11.8 Å². The first-order chi connectivity index (χ1) is 15.8. The Kier molecular flexibility index (Phi) is 8.97. The first-order valence-corrected chi connectivity index (χ1v) is 13.1. The van der Waals surface area contributed by atoms with Crippen LogP contribution < -0.4 is 10.1 Å². The summed E-state index contributed by atoms with van der Waals surface area (Å²) in [7, 11) is 0.